The van der Waals surface area contributed by atoms with Crippen LogP contribution in [0, 0.1) is 0 Å². The van der Waals surface area contributed by atoms with Gasteiger partial charge in [0.05, 0.1) is 5.75 Å². The second-order valence-corrected chi connectivity index (χ2v) is 5.95. The smallest absolute Gasteiger partial charge is 0.352 e. The van der Waals surface area contributed by atoms with Crippen molar-refractivity contribution in [2.24, 2.45) is 0 Å². The molecule has 0 amide bonds. The Balaban J connectivity index is 2.91. The van der Waals surface area contributed by atoms with Gasteiger partial charge in [-0.2, -0.15) is 0 Å². The molecular formula is C10H13NO5S. The fourth-order valence-corrected chi connectivity index (χ4v) is 2.08. The van der Waals surface area contributed by atoms with Crippen LogP contribution in [0.15, 0.2) is 23.0 Å². The van der Waals surface area contributed by atoms with Crippen LogP contribution in [0.3, 0.4) is 0 Å². The normalized spacial score (nSPS) is 11.4. The van der Waals surface area contributed by atoms with Crippen LogP contribution in [-0.4, -0.2) is 36.1 Å². The Morgan fingerprint density at radius 1 is 1.41 bits per heavy atom. The van der Waals surface area contributed by atoms with Crippen LogP contribution in [-0.2, 0) is 16.4 Å². The topological polar surface area (TPSA) is 93.4 Å². The second-order valence-electron chi connectivity index (χ2n) is 3.69. The van der Waals surface area contributed by atoms with E-state index in [2.05, 4.69) is 0 Å². The zero-order valence-corrected chi connectivity index (χ0v) is 10.1. The van der Waals surface area contributed by atoms with Gasteiger partial charge in [0.25, 0.3) is 5.56 Å². The van der Waals surface area contributed by atoms with Crippen LogP contribution >= 0.6 is 0 Å². The molecule has 1 aromatic rings. The average Bonchev–Trinajstić information content (AvgIpc) is 2.18. The molecule has 0 saturated carbocycles. The average molecular weight is 259 g/mol. The first-order valence-corrected chi connectivity index (χ1v) is 6.98. The minimum atomic E-state index is -3.10. The molecule has 1 N–H and O–H groups in total. The van der Waals surface area contributed by atoms with Crippen LogP contribution in [0.25, 0.3) is 0 Å². The van der Waals surface area contributed by atoms with Gasteiger partial charge in [0.15, 0.2) is 0 Å². The van der Waals surface area contributed by atoms with Crippen molar-refractivity contribution in [2.75, 3.05) is 12.0 Å². The highest BCUT2D eigenvalue weighted by molar-refractivity contribution is 7.90. The fraction of sp³-hybridized carbons (Fsp3) is 0.400. The van der Waals surface area contributed by atoms with Crippen LogP contribution < -0.4 is 5.56 Å². The number of nitrogens with zero attached hydrogens (tertiary/aromatic N) is 1. The van der Waals surface area contributed by atoms with Gasteiger partial charge in [-0.3, -0.25) is 4.79 Å². The maximum atomic E-state index is 11.5. The quantitative estimate of drug-likeness (QED) is 0.802. The molecule has 1 heterocycles. The summed E-state index contributed by atoms with van der Waals surface area (Å²) in [5.74, 6) is -1.28. The largest absolute Gasteiger partial charge is 0.477 e. The van der Waals surface area contributed by atoms with E-state index in [1.807, 2.05) is 0 Å². The Labute approximate surface area is 98.4 Å². The molecule has 0 aliphatic heterocycles. The maximum Gasteiger partial charge on any atom is 0.352 e. The third-order valence-corrected chi connectivity index (χ3v) is 3.20. The molecule has 0 unspecified atom stereocenters. The first-order chi connectivity index (χ1) is 7.81. The summed E-state index contributed by atoms with van der Waals surface area (Å²) in [6, 6.07) is 3.91. The highest BCUT2D eigenvalue weighted by Crippen LogP contribution is 1.99. The lowest BCUT2D eigenvalue weighted by Crippen LogP contribution is -2.25. The first-order valence-electron chi connectivity index (χ1n) is 4.92. The number of hydrogen-bond donors (Lipinski definition) is 1. The lowest BCUT2D eigenvalue weighted by molar-refractivity contribution is 0.0683. The monoisotopic (exact) mass is 259 g/mol. The molecule has 94 valence electrons. The third kappa shape index (κ3) is 4.03. The van der Waals surface area contributed by atoms with Crippen molar-refractivity contribution in [1.82, 2.24) is 4.57 Å². The van der Waals surface area contributed by atoms with Gasteiger partial charge in [0.2, 0.25) is 0 Å². The summed E-state index contributed by atoms with van der Waals surface area (Å²) in [6.07, 6.45) is 1.31. The van der Waals surface area contributed by atoms with Crippen LogP contribution in [0.2, 0.25) is 0 Å². The Morgan fingerprint density at radius 2 is 2.06 bits per heavy atom. The summed E-state index contributed by atoms with van der Waals surface area (Å²) in [5.41, 5.74) is -0.579. The highest BCUT2D eigenvalue weighted by atomic mass is 32.2. The van der Waals surface area contributed by atoms with Gasteiger partial charge in [-0.05, 0) is 12.5 Å². The van der Waals surface area contributed by atoms with Crippen molar-refractivity contribution < 1.29 is 18.3 Å². The molecule has 1 rings (SSSR count). The van der Waals surface area contributed by atoms with E-state index in [1.54, 1.807) is 0 Å². The van der Waals surface area contributed by atoms with Crippen molar-refractivity contribution in [1.29, 1.82) is 0 Å². The number of rotatable bonds is 5. The summed E-state index contributed by atoms with van der Waals surface area (Å²) in [6.45, 7) is 0.0778. The van der Waals surface area contributed by atoms with E-state index >= 15 is 0 Å². The number of carbonyl (C=O) groups is 1. The summed E-state index contributed by atoms with van der Waals surface area (Å²) in [7, 11) is -3.10. The molecule has 6 nitrogen and oxygen atoms in total. The van der Waals surface area contributed by atoms with E-state index in [-0.39, 0.29) is 24.4 Å². The Hall–Kier alpha value is -1.63. The predicted molar refractivity (Wildman–Crippen MR) is 62.0 cm³/mol. The summed E-state index contributed by atoms with van der Waals surface area (Å²) in [4.78, 5) is 22.3. The zero-order chi connectivity index (χ0) is 13.1. The number of aromatic carboxylic acids is 1. The van der Waals surface area contributed by atoms with Crippen molar-refractivity contribution >= 4 is 15.8 Å². The molecule has 0 fully saturated rings. The van der Waals surface area contributed by atoms with Gasteiger partial charge in [-0.15, -0.1) is 0 Å². The molecule has 17 heavy (non-hydrogen) atoms. The van der Waals surface area contributed by atoms with Crippen LogP contribution in [0.1, 0.15) is 16.9 Å². The fourth-order valence-electron chi connectivity index (χ4n) is 1.42. The van der Waals surface area contributed by atoms with Gasteiger partial charge < -0.3 is 9.67 Å². The lowest BCUT2D eigenvalue weighted by atomic mass is 10.3. The minimum Gasteiger partial charge on any atom is -0.477 e. The molecule has 0 bridgehead atoms. The molecule has 0 aliphatic carbocycles. The van der Waals surface area contributed by atoms with Gasteiger partial charge in [0, 0.05) is 18.9 Å². The van der Waals surface area contributed by atoms with Gasteiger partial charge in [0.1, 0.15) is 15.5 Å². The van der Waals surface area contributed by atoms with Crippen molar-refractivity contribution in [3.63, 3.8) is 0 Å². The highest BCUT2D eigenvalue weighted by Gasteiger charge is 2.11. The van der Waals surface area contributed by atoms with E-state index in [0.717, 1.165) is 10.8 Å². The van der Waals surface area contributed by atoms with Crippen LogP contribution in [0.5, 0.6) is 0 Å². The molecule has 0 spiro atoms. The summed E-state index contributed by atoms with van der Waals surface area (Å²) < 4.78 is 22.9. The lowest BCUT2D eigenvalue weighted by Gasteiger charge is -2.08. The van der Waals surface area contributed by atoms with Gasteiger partial charge in [-0.1, -0.05) is 6.07 Å². The molecule has 0 aliphatic rings. The number of hydrogen-bond acceptors (Lipinski definition) is 4. The maximum absolute atomic E-state index is 11.5. The number of aromatic nitrogens is 1. The van der Waals surface area contributed by atoms with E-state index < -0.39 is 21.4 Å². The zero-order valence-electron chi connectivity index (χ0n) is 9.29. The Kier molecular flexibility index (Phi) is 4.06. The number of carboxylic acid groups (broad SMARTS) is 1. The van der Waals surface area contributed by atoms with Crippen molar-refractivity contribution in [3.05, 3.63) is 34.2 Å². The second kappa shape index (κ2) is 5.13. The number of carboxylic acids is 1. The molecule has 0 atom stereocenters. The molecule has 7 heteroatoms. The van der Waals surface area contributed by atoms with E-state index in [9.17, 15) is 18.0 Å². The molecule has 1 aromatic heterocycles. The number of pyridine rings is 1. The van der Waals surface area contributed by atoms with E-state index in [4.69, 9.17) is 5.11 Å². The molecule has 0 aromatic carbocycles. The molecule has 0 saturated heterocycles. The Morgan fingerprint density at radius 3 is 2.59 bits per heavy atom. The Bertz CT molecular complexity index is 573. The van der Waals surface area contributed by atoms with Crippen molar-refractivity contribution in [3.8, 4) is 0 Å². The minimum absolute atomic E-state index is 0.0760. The van der Waals surface area contributed by atoms with Gasteiger partial charge >= 0.3 is 5.97 Å². The van der Waals surface area contributed by atoms with Crippen LogP contribution in [0.4, 0.5) is 0 Å². The van der Waals surface area contributed by atoms with Crippen molar-refractivity contribution in [2.45, 2.75) is 13.0 Å². The SMILES string of the molecule is CS(=O)(=O)CCCn1c(C(=O)O)cccc1=O. The number of sulfone groups is 1. The third-order valence-electron chi connectivity index (χ3n) is 2.17. The molecular weight excluding hydrogens is 246 g/mol. The summed E-state index contributed by atoms with van der Waals surface area (Å²) >= 11 is 0. The standard InChI is InChI=1S/C10H13NO5S/c1-17(15,16)7-3-6-11-8(10(13)14)4-2-5-9(11)12/h2,4-5H,3,6-7H2,1H3,(H,13,14). The van der Waals surface area contributed by atoms with E-state index in [0.29, 0.717) is 0 Å². The predicted octanol–water partition coefficient (Wildman–Crippen LogP) is -0.0188. The van der Waals surface area contributed by atoms with E-state index in [1.165, 1.54) is 18.2 Å². The first kappa shape index (κ1) is 13.4. The molecule has 0 radical (unpaired) electrons. The van der Waals surface area contributed by atoms with Gasteiger partial charge in [-0.25, -0.2) is 13.2 Å². The summed E-state index contributed by atoms with van der Waals surface area (Å²) in [5, 5.41) is 8.87.